The second-order valence-electron chi connectivity index (χ2n) is 16.0. The van der Waals surface area contributed by atoms with Gasteiger partial charge in [-0.3, -0.25) is 0 Å². The summed E-state index contributed by atoms with van der Waals surface area (Å²) in [5.74, 6) is 0. The van der Waals surface area contributed by atoms with Crippen LogP contribution in [0, 0.1) is 0 Å². The fraction of sp³-hybridized carbons (Fsp3) is 0.0526. The molecule has 0 saturated carbocycles. The molecule has 9 aromatic rings. The average molecular weight is 753 g/mol. The molecule has 12 rings (SSSR count). The van der Waals surface area contributed by atoms with Crippen LogP contribution in [0.2, 0.25) is 0 Å². The van der Waals surface area contributed by atoms with E-state index in [2.05, 4.69) is 241 Å². The van der Waals surface area contributed by atoms with Crippen molar-refractivity contribution in [1.29, 1.82) is 0 Å². The fourth-order valence-electron chi connectivity index (χ4n) is 11.0. The first kappa shape index (κ1) is 33.7. The Morgan fingerprint density at radius 2 is 0.847 bits per heavy atom. The van der Waals surface area contributed by atoms with Gasteiger partial charge in [-0.25, -0.2) is 0 Å². The van der Waals surface area contributed by atoms with E-state index in [1.54, 1.807) is 0 Å². The molecule has 0 spiro atoms. The Bertz CT molecular complexity index is 3030. The van der Waals surface area contributed by atoms with E-state index < -0.39 is 10.8 Å². The zero-order valence-corrected chi connectivity index (χ0v) is 32.5. The number of benzene rings is 9. The normalized spacial score (nSPS) is 19.3. The van der Waals surface area contributed by atoms with Crippen LogP contribution in [-0.4, -0.2) is 0 Å². The highest BCUT2D eigenvalue weighted by molar-refractivity contribution is 5.93. The first-order valence-electron chi connectivity index (χ1n) is 20.6. The van der Waals surface area contributed by atoms with Crippen molar-refractivity contribution in [2.75, 3.05) is 10.2 Å². The molecular weight excluding hydrogens is 713 g/mol. The maximum atomic E-state index is 3.84. The van der Waals surface area contributed by atoms with Gasteiger partial charge in [-0.05, 0) is 96.6 Å². The molecule has 1 heterocycles. The number of para-hydroxylation sites is 3. The molecule has 1 N–H and O–H groups in total. The number of hydrogen-bond acceptors (Lipinski definition) is 2. The van der Waals surface area contributed by atoms with Gasteiger partial charge in [0.05, 0.1) is 22.2 Å². The first-order chi connectivity index (χ1) is 29.3. The Morgan fingerprint density at radius 1 is 0.356 bits per heavy atom. The molecule has 0 amide bonds. The lowest BCUT2D eigenvalue weighted by Crippen LogP contribution is -2.44. The minimum absolute atomic E-state index is 0.0420. The molecule has 0 aromatic heterocycles. The molecule has 0 bridgehead atoms. The summed E-state index contributed by atoms with van der Waals surface area (Å²) < 4.78 is 0. The lowest BCUT2D eigenvalue weighted by molar-refractivity contribution is 0.627. The second kappa shape index (κ2) is 13.1. The largest absolute Gasteiger partial charge is 0.359 e. The van der Waals surface area contributed by atoms with E-state index in [0.717, 1.165) is 11.4 Å². The lowest BCUT2D eigenvalue weighted by Gasteiger charge is -2.50. The van der Waals surface area contributed by atoms with Gasteiger partial charge in [0.1, 0.15) is 6.17 Å². The summed E-state index contributed by atoms with van der Waals surface area (Å²) in [5.41, 5.74) is 19.1. The number of fused-ring (bicyclic) bond motifs is 6. The molecule has 3 aliphatic rings. The predicted molar refractivity (Wildman–Crippen MR) is 242 cm³/mol. The Kier molecular flexibility index (Phi) is 7.46. The summed E-state index contributed by atoms with van der Waals surface area (Å²) >= 11 is 0. The Morgan fingerprint density at radius 3 is 1.54 bits per heavy atom. The number of nitrogens with one attached hydrogen (secondary N) is 1. The van der Waals surface area contributed by atoms with Crippen LogP contribution in [0.25, 0.3) is 22.3 Å². The lowest BCUT2D eigenvalue weighted by atomic mass is 9.51. The van der Waals surface area contributed by atoms with E-state index in [1.165, 1.54) is 78.0 Å². The smallest absolute Gasteiger partial charge is 0.130 e. The molecule has 278 valence electrons. The van der Waals surface area contributed by atoms with Gasteiger partial charge in [-0.2, -0.15) is 0 Å². The van der Waals surface area contributed by atoms with Crippen molar-refractivity contribution in [3.8, 4) is 22.3 Å². The van der Waals surface area contributed by atoms with Gasteiger partial charge in [0.25, 0.3) is 0 Å². The summed E-state index contributed by atoms with van der Waals surface area (Å²) in [4.78, 5) is 2.41. The highest BCUT2D eigenvalue weighted by atomic mass is 15.3. The van der Waals surface area contributed by atoms with Crippen LogP contribution < -0.4 is 10.2 Å². The van der Waals surface area contributed by atoms with Gasteiger partial charge in [0.2, 0.25) is 0 Å². The molecule has 59 heavy (non-hydrogen) atoms. The highest BCUT2D eigenvalue weighted by Crippen LogP contribution is 2.66. The second-order valence-corrected chi connectivity index (χ2v) is 16.0. The van der Waals surface area contributed by atoms with Crippen molar-refractivity contribution in [3.05, 3.63) is 281 Å². The Hall–Kier alpha value is -7.42. The third kappa shape index (κ3) is 4.63. The minimum atomic E-state index is -0.627. The van der Waals surface area contributed by atoms with E-state index in [9.17, 15) is 0 Å². The van der Waals surface area contributed by atoms with Crippen molar-refractivity contribution in [3.63, 3.8) is 0 Å². The molecule has 0 fully saturated rings. The standard InChI is InChI=1S/C57H40N2/c1-4-19-41(20-5-1)56(49-30-14-15-31-50(49)57(42-21-6-2-7-22-42)48-29-13-11-26-45(48)46-27-18-32-51(56)54(46)57)47-28-12-10-25-44(47)39-35-37-40(38-36-39)55-58-52-33-16-17-34-53(52)59(55)43-23-8-3-9-24-43/h1-38,55,58H. The monoisotopic (exact) mass is 752 g/mol. The molecule has 2 nitrogen and oxygen atoms in total. The summed E-state index contributed by atoms with van der Waals surface area (Å²) in [6, 6.07) is 85.7. The minimum Gasteiger partial charge on any atom is -0.359 e. The first-order valence-corrected chi connectivity index (χ1v) is 20.6. The van der Waals surface area contributed by atoms with E-state index in [1.807, 2.05) is 0 Å². The number of rotatable bonds is 6. The van der Waals surface area contributed by atoms with E-state index >= 15 is 0 Å². The van der Waals surface area contributed by atoms with Crippen LogP contribution in [0.1, 0.15) is 56.2 Å². The summed E-state index contributed by atoms with van der Waals surface area (Å²) in [7, 11) is 0. The Balaban J connectivity index is 1.10. The van der Waals surface area contributed by atoms with Gasteiger partial charge in [0.15, 0.2) is 0 Å². The number of hydrogen-bond donors (Lipinski definition) is 1. The maximum absolute atomic E-state index is 3.84. The van der Waals surface area contributed by atoms with Crippen LogP contribution in [0.15, 0.2) is 231 Å². The molecular formula is C57H40N2. The number of anilines is 3. The average Bonchev–Trinajstić information content (AvgIpc) is 3.86. The molecule has 2 aliphatic carbocycles. The van der Waals surface area contributed by atoms with E-state index in [0.29, 0.717) is 0 Å². The van der Waals surface area contributed by atoms with Gasteiger partial charge in [0, 0.05) is 5.69 Å². The van der Waals surface area contributed by atoms with Crippen molar-refractivity contribution in [1.82, 2.24) is 0 Å². The SMILES string of the molecule is c1ccc(N2c3ccccc3NC2c2ccc(-c3ccccc3C3(c4ccccc4)c4ccccc4C4(c5ccccc5)c5ccccc5-c5cccc3c54)cc2)cc1. The van der Waals surface area contributed by atoms with Gasteiger partial charge in [-0.15, -0.1) is 0 Å². The molecule has 3 atom stereocenters. The van der Waals surface area contributed by atoms with E-state index in [-0.39, 0.29) is 6.17 Å². The van der Waals surface area contributed by atoms with Crippen LogP contribution >= 0.6 is 0 Å². The summed E-state index contributed by atoms with van der Waals surface area (Å²) in [6.07, 6.45) is -0.0420. The third-order valence-electron chi connectivity index (χ3n) is 13.2. The van der Waals surface area contributed by atoms with Gasteiger partial charge >= 0.3 is 0 Å². The van der Waals surface area contributed by atoms with E-state index in [4.69, 9.17) is 0 Å². The zero-order valence-electron chi connectivity index (χ0n) is 32.5. The fourth-order valence-corrected chi connectivity index (χ4v) is 11.0. The van der Waals surface area contributed by atoms with Crippen LogP contribution in [0.3, 0.4) is 0 Å². The van der Waals surface area contributed by atoms with Crippen LogP contribution in [-0.2, 0) is 10.8 Å². The molecule has 2 heteroatoms. The van der Waals surface area contributed by atoms with Crippen molar-refractivity contribution in [2.45, 2.75) is 17.0 Å². The third-order valence-corrected chi connectivity index (χ3v) is 13.2. The Labute approximate surface area is 345 Å². The topological polar surface area (TPSA) is 15.3 Å². The molecule has 0 radical (unpaired) electrons. The molecule has 0 saturated heterocycles. The summed E-state index contributed by atoms with van der Waals surface area (Å²) in [6.45, 7) is 0. The molecule has 9 aromatic carbocycles. The molecule has 3 unspecified atom stereocenters. The highest BCUT2D eigenvalue weighted by Gasteiger charge is 2.57. The van der Waals surface area contributed by atoms with Crippen molar-refractivity contribution in [2.24, 2.45) is 0 Å². The van der Waals surface area contributed by atoms with Crippen molar-refractivity contribution < 1.29 is 0 Å². The van der Waals surface area contributed by atoms with Crippen molar-refractivity contribution >= 4 is 17.1 Å². The van der Waals surface area contributed by atoms with Crippen LogP contribution in [0.5, 0.6) is 0 Å². The molecule has 1 aliphatic heterocycles. The quantitative estimate of drug-likeness (QED) is 0.182. The summed E-state index contributed by atoms with van der Waals surface area (Å²) in [5, 5.41) is 3.84. The van der Waals surface area contributed by atoms with Gasteiger partial charge in [-0.1, -0.05) is 206 Å². The number of nitrogens with zero attached hydrogens (tertiary/aromatic N) is 1. The zero-order chi connectivity index (χ0) is 39.0. The maximum Gasteiger partial charge on any atom is 0.130 e. The van der Waals surface area contributed by atoms with Crippen LogP contribution in [0.4, 0.5) is 17.1 Å². The van der Waals surface area contributed by atoms with Gasteiger partial charge < -0.3 is 10.2 Å². The predicted octanol–water partition coefficient (Wildman–Crippen LogP) is 13.7.